The van der Waals surface area contributed by atoms with Crippen LogP contribution in [0.5, 0.6) is 0 Å². The summed E-state index contributed by atoms with van der Waals surface area (Å²) in [6.45, 7) is 5.07. The van der Waals surface area contributed by atoms with Crippen LogP contribution >= 0.6 is 0 Å². The fourth-order valence-electron chi connectivity index (χ4n) is 4.48. The molecule has 0 heterocycles. The topological polar surface area (TPSA) is 57.5 Å². The zero-order chi connectivity index (χ0) is 13.3. The summed E-state index contributed by atoms with van der Waals surface area (Å²) in [5.41, 5.74) is 0.573. The molecule has 0 aliphatic heterocycles. The Hall–Kier alpha value is -0.830. The molecule has 2 N–H and O–H groups in total. The summed E-state index contributed by atoms with van der Waals surface area (Å²) in [5, 5.41) is 17.3. The van der Waals surface area contributed by atoms with Crippen LogP contribution in [0.2, 0.25) is 0 Å². The first-order valence-electron chi connectivity index (χ1n) is 6.94. The van der Waals surface area contributed by atoms with Crippen LogP contribution in [0.15, 0.2) is 12.2 Å². The van der Waals surface area contributed by atoms with Gasteiger partial charge in [-0.3, -0.25) is 0 Å². The van der Waals surface area contributed by atoms with E-state index in [-0.39, 0.29) is 5.57 Å². The summed E-state index contributed by atoms with van der Waals surface area (Å²) in [6.07, 6.45) is 8.48. The van der Waals surface area contributed by atoms with E-state index in [0.29, 0.717) is 12.0 Å². The van der Waals surface area contributed by atoms with E-state index in [0.717, 1.165) is 17.8 Å². The van der Waals surface area contributed by atoms with E-state index in [1.807, 2.05) is 0 Å². The van der Waals surface area contributed by atoms with E-state index < -0.39 is 5.97 Å². The van der Waals surface area contributed by atoms with Crippen molar-refractivity contribution >= 4 is 5.97 Å². The van der Waals surface area contributed by atoms with Gasteiger partial charge in [0.05, 0.1) is 0 Å². The smallest absolute Gasteiger partial charge is 0.330 e. The van der Waals surface area contributed by atoms with Crippen LogP contribution in [0.3, 0.4) is 0 Å². The van der Waals surface area contributed by atoms with Gasteiger partial charge in [-0.1, -0.05) is 6.58 Å². The van der Waals surface area contributed by atoms with Gasteiger partial charge in [0.2, 0.25) is 0 Å². The highest BCUT2D eigenvalue weighted by atomic mass is 16.4. The third-order valence-electron chi connectivity index (χ3n) is 4.87. The third-order valence-corrected chi connectivity index (χ3v) is 4.87. The number of aliphatic hydroxyl groups excluding tert-OH is 1. The number of aliphatic hydroxyl groups is 1. The van der Waals surface area contributed by atoms with Crippen LogP contribution in [0.25, 0.3) is 0 Å². The maximum atomic E-state index is 9.60. The van der Waals surface area contributed by atoms with E-state index in [2.05, 4.69) is 6.58 Å². The van der Waals surface area contributed by atoms with E-state index in [4.69, 9.17) is 5.11 Å². The first kappa shape index (κ1) is 13.6. The lowest BCUT2D eigenvalue weighted by Gasteiger charge is -2.56. The summed E-state index contributed by atoms with van der Waals surface area (Å²) in [5.74, 6) is 2.03. The average molecular weight is 252 g/mol. The zero-order valence-electron chi connectivity index (χ0n) is 11.2. The number of carboxylic acids is 1. The number of carbonyl (C=O) groups is 1. The van der Waals surface area contributed by atoms with Crippen molar-refractivity contribution in [2.24, 2.45) is 23.2 Å². The fraction of sp³-hybridized carbons (Fsp3) is 0.800. The second-order valence-electron chi connectivity index (χ2n) is 6.66. The summed E-state index contributed by atoms with van der Waals surface area (Å²) >= 11 is 0. The molecule has 0 atom stereocenters. The Balaban J connectivity index is 0.000000174. The summed E-state index contributed by atoms with van der Waals surface area (Å²) < 4.78 is 0. The average Bonchev–Trinajstić information content (AvgIpc) is 2.28. The van der Waals surface area contributed by atoms with Gasteiger partial charge >= 0.3 is 5.97 Å². The lowest BCUT2D eigenvalue weighted by Crippen LogP contribution is -2.47. The van der Waals surface area contributed by atoms with Crippen molar-refractivity contribution in [3.8, 4) is 0 Å². The molecule has 0 amide bonds. The van der Waals surface area contributed by atoms with Crippen LogP contribution in [0.4, 0.5) is 0 Å². The SMILES string of the molecule is C=C(C)C(=O)O.OCC12CC3CC(CC(C3)C1)C2. The van der Waals surface area contributed by atoms with Crippen molar-refractivity contribution in [1.82, 2.24) is 0 Å². The minimum absolute atomic E-state index is 0.176. The Morgan fingerprint density at radius 2 is 1.50 bits per heavy atom. The first-order chi connectivity index (χ1) is 8.44. The lowest BCUT2D eigenvalue weighted by molar-refractivity contribution is -0.132. The summed E-state index contributed by atoms with van der Waals surface area (Å²) in [4.78, 5) is 9.60. The summed E-state index contributed by atoms with van der Waals surface area (Å²) in [7, 11) is 0. The molecule has 4 aliphatic carbocycles. The van der Waals surface area contributed by atoms with Gasteiger partial charge in [-0.15, -0.1) is 0 Å². The van der Waals surface area contributed by atoms with Gasteiger partial charge < -0.3 is 10.2 Å². The van der Waals surface area contributed by atoms with Crippen molar-refractivity contribution in [2.45, 2.75) is 45.4 Å². The van der Waals surface area contributed by atoms with Gasteiger partial charge in [-0.25, -0.2) is 4.79 Å². The molecule has 4 aliphatic rings. The number of aliphatic carboxylic acids is 1. The van der Waals surface area contributed by atoms with Gasteiger partial charge in [0.1, 0.15) is 0 Å². The highest BCUT2D eigenvalue weighted by molar-refractivity contribution is 5.84. The van der Waals surface area contributed by atoms with Gasteiger partial charge in [0.25, 0.3) is 0 Å². The Bertz CT molecular complexity index is 298. The molecule has 3 nitrogen and oxygen atoms in total. The van der Waals surface area contributed by atoms with E-state index in [1.165, 1.54) is 45.4 Å². The van der Waals surface area contributed by atoms with Crippen molar-refractivity contribution < 1.29 is 15.0 Å². The first-order valence-corrected chi connectivity index (χ1v) is 6.94. The Labute approximate surface area is 109 Å². The quantitative estimate of drug-likeness (QED) is 0.743. The molecule has 4 fully saturated rings. The number of hydrogen-bond acceptors (Lipinski definition) is 2. The molecule has 0 radical (unpaired) electrons. The van der Waals surface area contributed by atoms with Crippen molar-refractivity contribution in [3.05, 3.63) is 12.2 Å². The molecule has 0 aromatic carbocycles. The molecule has 4 saturated carbocycles. The minimum atomic E-state index is -0.935. The predicted octanol–water partition coefficient (Wildman–Crippen LogP) is 2.84. The normalized spacial score (nSPS) is 40.0. The molecule has 0 unspecified atom stereocenters. The molecule has 0 saturated heterocycles. The molecular formula is C15H24O3. The molecule has 4 bridgehead atoms. The number of rotatable bonds is 2. The molecule has 0 aromatic rings. The van der Waals surface area contributed by atoms with Gasteiger partial charge in [0.15, 0.2) is 0 Å². The van der Waals surface area contributed by atoms with Crippen molar-refractivity contribution in [1.29, 1.82) is 0 Å². The second kappa shape index (κ2) is 5.04. The monoisotopic (exact) mass is 252 g/mol. The molecule has 0 spiro atoms. The largest absolute Gasteiger partial charge is 0.478 e. The highest BCUT2D eigenvalue weighted by Crippen LogP contribution is 2.59. The Morgan fingerprint density at radius 3 is 1.72 bits per heavy atom. The maximum Gasteiger partial charge on any atom is 0.330 e. The van der Waals surface area contributed by atoms with Gasteiger partial charge in [-0.05, 0) is 68.6 Å². The maximum absolute atomic E-state index is 9.60. The number of hydrogen-bond donors (Lipinski definition) is 2. The lowest BCUT2D eigenvalue weighted by atomic mass is 9.50. The van der Waals surface area contributed by atoms with E-state index >= 15 is 0 Å². The highest BCUT2D eigenvalue weighted by Gasteiger charge is 2.50. The molecule has 3 heteroatoms. The Kier molecular flexibility index (Phi) is 3.81. The molecule has 0 aromatic heterocycles. The Morgan fingerprint density at radius 1 is 1.17 bits per heavy atom. The second-order valence-corrected chi connectivity index (χ2v) is 6.66. The van der Waals surface area contributed by atoms with Crippen LogP contribution < -0.4 is 0 Å². The molecule has 102 valence electrons. The van der Waals surface area contributed by atoms with Crippen LogP contribution in [-0.2, 0) is 4.79 Å². The molecule has 18 heavy (non-hydrogen) atoms. The standard InChI is InChI=1S/C11H18O.C4H6O2/c12-7-11-4-8-1-9(5-11)3-10(2-8)6-11;1-3(2)4(5)6/h8-10,12H,1-7H2;1H2,2H3,(H,5,6). The molecule has 4 rings (SSSR count). The van der Waals surface area contributed by atoms with Crippen molar-refractivity contribution in [3.63, 3.8) is 0 Å². The van der Waals surface area contributed by atoms with Crippen LogP contribution in [0.1, 0.15) is 45.4 Å². The number of carboxylic acid groups (broad SMARTS) is 1. The van der Waals surface area contributed by atoms with Crippen molar-refractivity contribution in [2.75, 3.05) is 6.61 Å². The molecular weight excluding hydrogens is 228 g/mol. The van der Waals surface area contributed by atoms with Crippen LogP contribution in [0, 0.1) is 23.2 Å². The minimum Gasteiger partial charge on any atom is -0.478 e. The predicted molar refractivity (Wildman–Crippen MR) is 70.1 cm³/mol. The summed E-state index contributed by atoms with van der Waals surface area (Å²) in [6, 6.07) is 0. The van der Waals surface area contributed by atoms with Crippen LogP contribution in [-0.4, -0.2) is 22.8 Å². The van der Waals surface area contributed by atoms with Gasteiger partial charge in [-0.2, -0.15) is 0 Å². The third kappa shape index (κ3) is 2.77. The zero-order valence-corrected chi connectivity index (χ0v) is 11.2. The fourth-order valence-corrected chi connectivity index (χ4v) is 4.48. The van der Waals surface area contributed by atoms with E-state index in [1.54, 1.807) is 0 Å². The van der Waals surface area contributed by atoms with Gasteiger partial charge in [0, 0.05) is 12.2 Å². The van der Waals surface area contributed by atoms with E-state index in [9.17, 15) is 9.90 Å².